The molecule has 0 bridgehead atoms. The normalized spacial score (nSPS) is 17.8. The fraction of sp³-hybridized carbons (Fsp3) is 0.412. The summed E-state index contributed by atoms with van der Waals surface area (Å²) in [5, 5.41) is 2.50. The minimum absolute atomic E-state index is 0.516. The summed E-state index contributed by atoms with van der Waals surface area (Å²) < 4.78 is 13.1. The lowest BCUT2D eigenvalue weighted by atomic mass is 9.97. The van der Waals surface area contributed by atoms with Crippen molar-refractivity contribution in [3.05, 3.63) is 42.0 Å². The van der Waals surface area contributed by atoms with Crippen LogP contribution in [0.25, 0.3) is 10.8 Å². The second-order valence-corrected chi connectivity index (χ2v) is 6.43. The minimum atomic E-state index is 0.516. The highest BCUT2D eigenvalue weighted by Gasteiger charge is 2.15. The SMILES string of the molecule is COc1ccc2cc(C(C)CN3CCOCS3)ccc2c1. The summed E-state index contributed by atoms with van der Waals surface area (Å²) in [6.07, 6.45) is 0. The van der Waals surface area contributed by atoms with E-state index in [0.717, 1.165) is 31.4 Å². The Morgan fingerprint density at radius 3 is 2.81 bits per heavy atom. The zero-order valence-corrected chi connectivity index (χ0v) is 13.4. The summed E-state index contributed by atoms with van der Waals surface area (Å²) in [6.45, 7) is 5.22. The highest BCUT2D eigenvalue weighted by atomic mass is 32.2. The molecule has 0 aliphatic carbocycles. The lowest BCUT2D eigenvalue weighted by Gasteiger charge is -2.28. The van der Waals surface area contributed by atoms with Crippen LogP contribution in [0.1, 0.15) is 18.4 Å². The molecule has 112 valence electrons. The predicted molar refractivity (Wildman–Crippen MR) is 88.9 cm³/mol. The van der Waals surface area contributed by atoms with Crippen LogP contribution < -0.4 is 4.74 Å². The van der Waals surface area contributed by atoms with E-state index in [2.05, 4.69) is 41.6 Å². The fourth-order valence-corrected chi connectivity index (χ4v) is 3.51. The first-order valence-corrected chi connectivity index (χ1v) is 8.24. The minimum Gasteiger partial charge on any atom is -0.497 e. The Hall–Kier alpha value is -1.23. The average Bonchev–Trinajstić information content (AvgIpc) is 2.54. The van der Waals surface area contributed by atoms with Gasteiger partial charge in [-0.1, -0.05) is 43.1 Å². The Morgan fingerprint density at radius 2 is 2.05 bits per heavy atom. The van der Waals surface area contributed by atoms with Crippen LogP contribution in [0.15, 0.2) is 36.4 Å². The van der Waals surface area contributed by atoms with Gasteiger partial charge in [-0.25, -0.2) is 4.31 Å². The van der Waals surface area contributed by atoms with E-state index in [-0.39, 0.29) is 0 Å². The van der Waals surface area contributed by atoms with E-state index in [0.29, 0.717) is 5.92 Å². The van der Waals surface area contributed by atoms with Crippen LogP contribution in [0.5, 0.6) is 5.75 Å². The number of fused-ring (bicyclic) bond motifs is 1. The molecular weight excluding hydrogens is 282 g/mol. The maximum absolute atomic E-state index is 5.38. The second kappa shape index (κ2) is 6.69. The molecule has 0 saturated carbocycles. The first-order chi connectivity index (χ1) is 10.3. The van der Waals surface area contributed by atoms with Crippen molar-refractivity contribution in [2.45, 2.75) is 12.8 Å². The predicted octanol–water partition coefficient (Wildman–Crippen LogP) is 3.89. The molecule has 0 radical (unpaired) electrons. The van der Waals surface area contributed by atoms with Crippen molar-refractivity contribution in [2.75, 3.05) is 32.7 Å². The summed E-state index contributed by atoms with van der Waals surface area (Å²) >= 11 is 1.79. The van der Waals surface area contributed by atoms with Gasteiger partial charge in [-0.3, -0.25) is 0 Å². The number of hydrogen-bond donors (Lipinski definition) is 0. The molecule has 4 heteroatoms. The molecule has 0 aromatic heterocycles. The largest absolute Gasteiger partial charge is 0.497 e. The van der Waals surface area contributed by atoms with Crippen LogP contribution in [-0.4, -0.2) is 37.1 Å². The van der Waals surface area contributed by atoms with E-state index >= 15 is 0 Å². The molecule has 0 N–H and O–H groups in total. The van der Waals surface area contributed by atoms with Gasteiger partial charge in [0, 0.05) is 13.1 Å². The molecular formula is C17H21NO2S. The average molecular weight is 303 g/mol. The summed E-state index contributed by atoms with van der Waals surface area (Å²) in [5.74, 6) is 2.21. The molecule has 1 saturated heterocycles. The zero-order valence-electron chi connectivity index (χ0n) is 12.5. The third-order valence-electron chi connectivity index (χ3n) is 3.92. The number of hydrogen-bond acceptors (Lipinski definition) is 4. The highest BCUT2D eigenvalue weighted by Crippen LogP contribution is 2.27. The number of rotatable bonds is 4. The van der Waals surface area contributed by atoms with Gasteiger partial charge in [0.05, 0.1) is 13.7 Å². The number of methoxy groups -OCH3 is 1. The molecule has 0 spiro atoms. The molecule has 3 rings (SSSR count). The molecule has 1 unspecified atom stereocenters. The van der Waals surface area contributed by atoms with Crippen molar-refractivity contribution in [2.24, 2.45) is 0 Å². The fourth-order valence-electron chi connectivity index (χ4n) is 2.63. The summed E-state index contributed by atoms with van der Waals surface area (Å²) in [7, 11) is 1.71. The molecule has 1 aliphatic heterocycles. The third kappa shape index (κ3) is 3.51. The number of ether oxygens (including phenoxy) is 2. The van der Waals surface area contributed by atoms with Crippen LogP contribution in [-0.2, 0) is 4.74 Å². The van der Waals surface area contributed by atoms with Gasteiger partial charge in [0.2, 0.25) is 0 Å². The molecule has 3 nitrogen and oxygen atoms in total. The van der Waals surface area contributed by atoms with Crippen molar-refractivity contribution in [3.8, 4) is 5.75 Å². The van der Waals surface area contributed by atoms with Crippen LogP contribution in [0.4, 0.5) is 0 Å². The topological polar surface area (TPSA) is 21.7 Å². The van der Waals surface area contributed by atoms with Gasteiger partial charge in [0.25, 0.3) is 0 Å². The molecule has 1 fully saturated rings. The van der Waals surface area contributed by atoms with Gasteiger partial charge >= 0.3 is 0 Å². The van der Waals surface area contributed by atoms with Crippen LogP contribution >= 0.6 is 11.9 Å². The maximum atomic E-state index is 5.38. The van der Waals surface area contributed by atoms with E-state index in [1.807, 2.05) is 6.07 Å². The molecule has 21 heavy (non-hydrogen) atoms. The van der Waals surface area contributed by atoms with E-state index in [4.69, 9.17) is 9.47 Å². The van der Waals surface area contributed by atoms with E-state index < -0.39 is 0 Å². The lowest BCUT2D eigenvalue weighted by Crippen LogP contribution is -2.29. The number of benzene rings is 2. The Kier molecular flexibility index (Phi) is 4.68. The summed E-state index contributed by atoms with van der Waals surface area (Å²) in [5.41, 5.74) is 1.39. The first-order valence-electron chi connectivity index (χ1n) is 7.29. The maximum Gasteiger partial charge on any atom is 0.119 e. The molecule has 1 aliphatic rings. The van der Waals surface area contributed by atoms with E-state index in [1.54, 1.807) is 19.1 Å². The molecule has 2 aromatic carbocycles. The van der Waals surface area contributed by atoms with Crippen LogP contribution in [0.2, 0.25) is 0 Å². The van der Waals surface area contributed by atoms with Gasteiger partial charge in [0.1, 0.15) is 11.7 Å². The standard InChI is InChI=1S/C17H21NO2S/c1-13(11-18-7-8-20-12-21-18)14-3-4-16-10-17(19-2)6-5-15(16)9-14/h3-6,9-10,13H,7-8,11-12H2,1-2H3. The molecule has 0 amide bonds. The van der Waals surface area contributed by atoms with Gasteiger partial charge < -0.3 is 9.47 Å². The Labute approximate surface area is 130 Å². The van der Waals surface area contributed by atoms with Gasteiger partial charge in [-0.15, -0.1) is 0 Å². The molecule has 1 atom stereocenters. The number of nitrogens with zero attached hydrogens (tertiary/aromatic N) is 1. The first kappa shape index (κ1) is 14.7. The van der Waals surface area contributed by atoms with Crippen molar-refractivity contribution in [1.29, 1.82) is 0 Å². The van der Waals surface area contributed by atoms with Crippen LogP contribution in [0, 0.1) is 0 Å². The molecule has 2 aromatic rings. The van der Waals surface area contributed by atoms with Gasteiger partial charge in [-0.05, 0) is 34.4 Å². The van der Waals surface area contributed by atoms with Crippen molar-refractivity contribution < 1.29 is 9.47 Å². The molecule has 1 heterocycles. The third-order valence-corrected chi connectivity index (χ3v) is 4.89. The smallest absolute Gasteiger partial charge is 0.119 e. The van der Waals surface area contributed by atoms with E-state index in [9.17, 15) is 0 Å². The van der Waals surface area contributed by atoms with Crippen LogP contribution in [0.3, 0.4) is 0 Å². The Bertz CT molecular complexity index is 611. The second-order valence-electron chi connectivity index (χ2n) is 5.42. The van der Waals surface area contributed by atoms with Gasteiger partial charge in [0.15, 0.2) is 0 Å². The van der Waals surface area contributed by atoms with Crippen molar-refractivity contribution in [3.63, 3.8) is 0 Å². The monoisotopic (exact) mass is 303 g/mol. The van der Waals surface area contributed by atoms with Crippen molar-refractivity contribution in [1.82, 2.24) is 4.31 Å². The van der Waals surface area contributed by atoms with E-state index in [1.165, 1.54) is 16.3 Å². The zero-order chi connectivity index (χ0) is 14.7. The van der Waals surface area contributed by atoms with Gasteiger partial charge in [-0.2, -0.15) is 0 Å². The quantitative estimate of drug-likeness (QED) is 0.799. The Balaban J connectivity index is 1.76. The lowest BCUT2D eigenvalue weighted by molar-refractivity contribution is 0.146. The highest BCUT2D eigenvalue weighted by molar-refractivity contribution is 7.96. The summed E-state index contributed by atoms with van der Waals surface area (Å²) in [6, 6.07) is 13.0. The summed E-state index contributed by atoms with van der Waals surface area (Å²) in [4.78, 5) is 0. The van der Waals surface area contributed by atoms with Crippen molar-refractivity contribution >= 4 is 22.7 Å². The Morgan fingerprint density at radius 1 is 1.24 bits per heavy atom.